The minimum atomic E-state index is -3.46. The third-order valence-corrected chi connectivity index (χ3v) is 7.40. The fourth-order valence-electron chi connectivity index (χ4n) is 3.23. The average Bonchev–Trinajstić information content (AvgIpc) is 3.19. The van der Waals surface area contributed by atoms with Crippen molar-refractivity contribution in [3.8, 4) is 22.8 Å². The van der Waals surface area contributed by atoms with E-state index in [9.17, 15) is 8.42 Å². The molecular weight excluding hydrogens is 442 g/mol. The van der Waals surface area contributed by atoms with Crippen LogP contribution in [0.2, 0.25) is 0 Å². The van der Waals surface area contributed by atoms with Gasteiger partial charge in [-0.05, 0) is 61.2 Å². The topological polar surface area (TPSA) is 76.3 Å². The zero-order valence-corrected chi connectivity index (χ0v) is 17.8. The Kier molecular flexibility index (Phi) is 5.35. The van der Waals surface area contributed by atoms with E-state index in [0.29, 0.717) is 41.2 Å². The van der Waals surface area contributed by atoms with Gasteiger partial charge >= 0.3 is 0 Å². The summed E-state index contributed by atoms with van der Waals surface area (Å²) < 4.78 is 33.5. The second-order valence-electron chi connectivity index (χ2n) is 7.04. The Hall–Kier alpha value is -2.03. The van der Waals surface area contributed by atoms with E-state index in [0.717, 1.165) is 22.9 Å². The highest BCUT2D eigenvalue weighted by atomic mass is 79.9. The normalized spacial score (nSPS) is 16.4. The number of aromatic nitrogens is 2. The fourth-order valence-corrected chi connectivity index (χ4v) is 5.10. The summed E-state index contributed by atoms with van der Waals surface area (Å²) in [6.45, 7) is 3.31. The zero-order chi connectivity index (χ0) is 19.7. The highest BCUT2D eigenvalue weighted by molar-refractivity contribution is 9.10. The van der Waals surface area contributed by atoms with Gasteiger partial charge in [0.25, 0.3) is 5.89 Å². The molecule has 28 heavy (non-hydrogen) atoms. The number of rotatable bonds is 4. The van der Waals surface area contributed by atoms with E-state index >= 15 is 0 Å². The van der Waals surface area contributed by atoms with E-state index in [1.807, 2.05) is 24.3 Å². The molecule has 1 aromatic heterocycles. The molecule has 0 unspecified atom stereocenters. The van der Waals surface area contributed by atoms with Crippen molar-refractivity contribution in [3.05, 3.63) is 53.0 Å². The standard InChI is InChI=1S/C20H20BrN3O3S/c1-14-9-11-24(12-10-14)28(25,26)18-7-5-15(6-8-18)19-22-20(27-23-19)16-3-2-4-17(21)13-16/h2-8,13-14H,9-12H2,1H3. The van der Waals surface area contributed by atoms with Crippen molar-refractivity contribution in [2.75, 3.05) is 13.1 Å². The van der Waals surface area contributed by atoms with Gasteiger partial charge in [0.1, 0.15) is 0 Å². The van der Waals surface area contributed by atoms with Crippen molar-refractivity contribution in [3.63, 3.8) is 0 Å². The second-order valence-corrected chi connectivity index (χ2v) is 9.90. The molecule has 1 aliphatic rings. The largest absolute Gasteiger partial charge is 0.334 e. The van der Waals surface area contributed by atoms with Gasteiger partial charge in [-0.2, -0.15) is 9.29 Å². The molecule has 6 nitrogen and oxygen atoms in total. The van der Waals surface area contributed by atoms with Crippen LogP contribution >= 0.6 is 15.9 Å². The molecule has 4 rings (SSSR count). The van der Waals surface area contributed by atoms with Crippen molar-refractivity contribution in [2.24, 2.45) is 5.92 Å². The van der Waals surface area contributed by atoms with Gasteiger partial charge in [0.05, 0.1) is 4.90 Å². The van der Waals surface area contributed by atoms with E-state index in [-0.39, 0.29) is 0 Å². The first-order valence-corrected chi connectivity index (χ1v) is 11.4. The number of piperidine rings is 1. The van der Waals surface area contributed by atoms with Crippen LogP contribution in [0.3, 0.4) is 0 Å². The number of nitrogens with zero attached hydrogens (tertiary/aromatic N) is 3. The van der Waals surface area contributed by atoms with Crippen molar-refractivity contribution in [1.82, 2.24) is 14.4 Å². The molecule has 2 heterocycles. The molecule has 146 valence electrons. The van der Waals surface area contributed by atoms with Crippen LogP contribution in [0, 0.1) is 5.92 Å². The van der Waals surface area contributed by atoms with Gasteiger partial charge in [-0.15, -0.1) is 0 Å². The van der Waals surface area contributed by atoms with Crippen LogP contribution in [-0.4, -0.2) is 36.0 Å². The average molecular weight is 462 g/mol. The quantitative estimate of drug-likeness (QED) is 0.567. The van der Waals surface area contributed by atoms with E-state index in [1.165, 1.54) is 0 Å². The maximum Gasteiger partial charge on any atom is 0.258 e. The lowest BCUT2D eigenvalue weighted by atomic mass is 10.0. The third kappa shape index (κ3) is 3.90. The molecule has 0 aliphatic carbocycles. The first-order chi connectivity index (χ1) is 13.4. The van der Waals surface area contributed by atoms with Crippen molar-refractivity contribution in [1.29, 1.82) is 0 Å². The summed E-state index contributed by atoms with van der Waals surface area (Å²) in [5.74, 6) is 1.41. The fraction of sp³-hybridized carbons (Fsp3) is 0.300. The Morgan fingerprint density at radius 3 is 2.46 bits per heavy atom. The van der Waals surface area contributed by atoms with Gasteiger partial charge in [0.2, 0.25) is 15.8 Å². The number of hydrogen-bond donors (Lipinski definition) is 0. The molecule has 0 amide bonds. The first-order valence-electron chi connectivity index (χ1n) is 9.14. The summed E-state index contributed by atoms with van der Waals surface area (Å²) >= 11 is 3.42. The number of hydrogen-bond acceptors (Lipinski definition) is 5. The number of halogens is 1. The molecule has 0 radical (unpaired) electrons. The molecule has 0 atom stereocenters. The summed E-state index contributed by atoms with van der Waals surface area (Å²) in [6, 6.07) is 14.2. The van der Waals surface area contributed by atoms with Crippen LogP contribution in [-0.2, 0) is 10.0 Å². The van der Waals surface area contributed by atoms with Gasteiger partial charge < -0.3 is 4.52 Å². The molecule has 0 spiro atoms. The lowest BCUT2D eigenvalue weighted by molar-refractivity contribution is 0.288. The van der Waals surface area contributed by atoms with E-state index in [2.05, 4.69) is 33.0 Å². The summed E-state index contributed by atoms with van der Waals surface area (Å²) in [6.07, 6.45) is 1.80. The van der Waals surface area contributed by atoms with Gasteiger partial charge in [-0.1, -0.05) is 34.1 Å². The maximum atomic E-state index is 12.8. The number of sulfonamides is 1. The van der Waals surface area contributed by atoms with Crippen LogP contribution < -0.4 is 0 Å². The Morgan fingerprint density at radius 2 is 1.79 bits per heavy atom. The summed E-state index contributed by atoms with van der Waals surface area (Å²) in [7, 11) is -3.46. The van der Waals surface area contributed by atoms with E-state index < -0.39 is 10.0 Å². The predicted molar refractivity (Wildman–Crippen MR) is 110 cm³/mol. The Morgan fingerprint density at radius 1 is 1.07 bits per heavy atom. The van der Waals surface area contributed by atoms with Crippen LogP contribution in [0.5, 0.6) is 0 Å². The van der Waals surface area contributed by atoms with E-state index in [1.54, 1.807) is 28.6 Å². The second kappa shape index (κ2) is 7.77. The summed E-state index contributed by atoms with van der Waals surface area (Å²) in [4.78, 5) is 4.72. The first kappa shape index (κ1) is 19.3. The molecule has 2 aromatic carbocycles. The van der Waals surface area contributed by atoms with Crippen molar-refractivity contribution < 1.29 is 12.9 Å². The molecule has 8 heteroatoms. The molecule has 1 saturated heterocycles. The Balaban J connectivity index is 1.55. The third-order valence-electron chi connectivity index (χ3n) is 4.99. The maximum absolute atomic E-state index is 12.8. The van der Waals surface area contributed by atoms with Crippen molar-refractivity contribution in [2.45, 2.75) is 24.7 Å². The molecular formula is C20H20BrN3O3S. The van der Waals surface area contributed by atoms with Crippen LogP contribution in [0.4, 0.5) is 0 Å². The van der Waals surface area contributed by atoms with E-state index in [4.69, 9.17) is 4.52 Å². The SMILES string of the molecule is CC1CCN(S(=O)(=O)c2ccc(-c3noc(-c4cccc(Br)c4)n3)cc2)CC1. The molecule has 0 bridgehead atoms. The molecule has 3 aromatic rings. The Labute approximate surface area is 172 Å². The molecule has 0 saturated carbocycles. The van der Waals surface area contributed by atoms with Crippen molar-refractivity contribution >= 4 is 26.0 Å². The minimum Gasteiger partial charge on any atom is -0.334 e. The van der Waals surface area contributed by atoms with Gasteiger partial charge in [0.15, 0.2) is 0 Å². The predicted octanol–water partition coefficient (Wildman–Crippen LogP) is 4.59. The van der Waals surface area contributed by atoms with Crippen LogP contribution in [0.15, 0.2) is 62.4 Å². The monoisotopic (exact) mass is 461 g/mol. The summed E-state index contributed by atoms with van der Waals surface area (Å²) in [5, 5.41) is 4.02. The van der Waals surface area contributed by atoms with Gasteiger partial charge in [-0.3, -0.25) is 0 Å². The lowest BCUT2D eigenvalue weighted by Gasteiger charge is -2.29. The van der Waals surface area contributed by atoms with Gasteiger partial charge in [-0.25, -0.2) is 8.42 Å². The number of benzene rings is 2. The summed E-state index contributed by atoms with van der Waals surface area (Å²) in [5.41, 5.74) is 1.52. The zero-order valence-electron chi connectivity index (χ0n) is 15.4. The lowest BCUT2D eigenvalue weighted by Crippen LogP contribution is -2.37. The molecule has 0 N–H and O–H groups in total. The molecule has 1 aliphatic heterocycles. The highest BCUT2D eigenvalue weighted by Gasteiger charge is 2.28. The Bertz CT molecular complexity index is 1070. The van der Waals surface area contributed by atoms with Crippen LogP contribution in [0.1, 0.15) is 19.8 Å². The van der Waals surface area contributed by atoms with Crippen LogP contribution in [0.25, 0.3) is 22.8 Å². The molecule has 1 fully saturated rings. The minimum absolute atomic E-state index is 0.293. The smallest absolute Gasteiger partial charge is 0.258 e. The highest BCUT2D eigenvalue weighted by Crippen LogP contribution is 2.27. The van der Waals surface area contributed by atoms with Gasteiger partial charge in [0, 0.05) is 28.7 Å².